The van der Waals surface area contributed by atoms with Crippen LogP contribution in [0.1, 0.15) is 37.2 Å². The zero-order valence-corrected chi connectivity index (χ0v) is 10.7. The molecule has 1 amide bonds. The monoisotopic (exact) mass is 239 g/mol. The van der Waals surface area contributed by atoms with Gasteiger partial charge in [-0.1, -0.05) is 26.7 Å². The number of rotatable bonds is 6. The Morgan fingerprint density at radius 3 is 2.65 bits per heavy atom. The van der Waals surface area contributed by atoms with Crippen molar-refractivity contribution in [2.75, 3.05) is 6.54 Å². The maximum atomic E-state index is 11.7. The lowest BCUT2D eigenvalue weighted by atomic mass is 9.96. The van der Waals surface area contributed by atoms with Crippen molar-refractivity contribution in [2.45, 2.75) is 32.8 Å². The molecule has 0 saturated carbocycles. The normalized spacial score (nSPS) is 12.8. The van der Waals surface area contributed by atoms with Gasteiger partial charge in [-0.3, -0.25) is 4.79 Å². The van der Waals surface area contributed by atoms with Gasteiger partial charge < -0.3 is 15.0 Å². The lowest BCUT2D eigenvalue weighted by Crippen LogP contribution is -2.36. The van der Waals surface area contributed by atoms with Crippen LogP contribution in [0.25, 0.3) is 0 Å². The Morgan fingerprint density at radius 2 is 2.18 bits per heavy atom. The van der Waals surface area contributed by atoms with E-state index in [0.717, 1.165) is 12.8 Å². The molecule has 0 aromatic carbocycles. The number of amides is 1. The highest BCUT2D eigenvalue weighted by atomic mass is 16.3. The third-order valence-corrected chi connectivity index (χ3v) is 3.00. The Hall–Kier alpha value is -1.36. The molecule has 17 heavy (non-hydrogen) atoms. The summed E-state index contributed by atoms with van der Waals surface area (Å²) >= 11 is 0. The van der Waals surface area contributed by atoms with Crippen molar-refractivity contribution < 1.29 is 9.90 Å². The van der Waals surface area contributed by atoms with Crippen LogP contribution < -0.4 is 5.32 Å². The fourth-order valence-electron chi connectivity index (χ4n) is 1.82. The fourth-order valence-corrected chi connectivity index (χ4v) is 1.82. The van der Waals surface area contributed by atoms with E-state index in [2.05, 4.69) is 10.3 Å². The molecule has 1 atom stereocenters. The molecule has 0 fully saturated rings. The molecule has 1 rings (SSSR count). The van der Waals surface area contributed by atoms with E-state index >= 15 is 0 Å². The molecule has 1 aromatic heterocycles. The first-order valence-corrected chi connectivity index (χ1v) is 6.02. The van der Waals surface area contributed by atoms with Gasteiger partial charge in [0.25, 0.3) is 5.91 Å². The summed E-state index contributed by atoms with van der Waals surface area (Å²) in [6, 6.07) is 0. The molecule has 0 spiro atoms. The number of carbonyl (C=O) groups is 1. The predicted octanol–water partition coefficient (Wildman–Crippen LogP) is 0.947. The van der Waals surface area contributed by atoms with Crippen molar-refractivity contribution in [3.05, 3.63) is 18.2 Å². The summed E-state index contributed by atoms with van der Waals surface area (Å²) in [5, 5.41) is 12.6. The van der Waals surface area contributed by atoms with E-state index in [9.17, 15) is 9.90 Å². The largest absolute Gasteiger partial charge is 0.391 e. The van der Waals surface area contributed by atoms with Gasteiger partial charge in [0.05, 0.1) is 12.4 Å². The number of aliphatic hydroxyl groups is 1. The first-order chi connectivity index (χ1) is 8.08. The summed E-state index contributed by atoms with van der Waals surface area (Å²) in [6.45, 7) is 4.36. The van der Waals surface area contributed by atoms with Gasteiger partial charge in [0.2, 0.25) is 0 Å². The van der Waals surface area contributed by atoms with Crippen LogP contribution in [0.4, 0.5) is 0 Å². The van der Waals surface area contributed by atoms with Gasteiger partial charge in [0.15, 0.2) is 0 Å². The van der Waals surface area contributed by atoms with Gasteiger partial charge in [-0.05, 0) is 5.92 Å². The van der Waals surface area contributed by atoms with Crippen LogP contribution in [0.15, 0.2) is 12.5 Å². The van der Waals surface area contributed by atoms with Crippen molar-refractivity contribution in [1.82, 2.24) is 14.9 Å². The molecule has 0 aliphatic rings. The van der Waals surface area contributed by atoms with E-state index in [1.165, 1.54) is 0 Å². The summed E-state index contributed by atoms with van der Waals surface area (Å²) in [4.78, 5) is 15.6. The van der Waals surface area contributed by atoms with E-state index in [1.807, 2.05) is 20.9 Å². The third-order valence-electron chi connectivity index (χ3n) is 3.00. The van der Waals surface area contributed by atoms with Crippen LogP contribution in [-0.2, 0) is 7.05 Å². The van der Waals surface area contributed by atoms with E-state index in [-0.39, 0.29) is 18.4 Å². The zero-order chi connectivity index (χ0) is 12.8. The van der Waals surface area contributed by atoms with Crippen molar-refractivity contribution in [3.8, 4) is 0 Å². The molecule has 1 heterocycles. The zero-order valence-electron chi connectivity index (χ0n) is 10.7. The van der Waals surface area contributed by atoms with E-state index in [4.69, 9.17) is 0 Å². The highest BCUT2D eigenvalue weighted by molar-refractivity contribution is 5.91. The average molecular weight is 239 g/mol. The van der Waals surface area contributed by atoms with Crippen LogP contribution in [0.5, 0.6) is 0 Å². The molecular formula is C12H21N3O2. The van der Waals surface area contributed by atoms with E-state index in [0.29, 0.717) is 5.69 Å². The van der Waals surface area contributed by atoms with Crippen molar-refractivity contribution in [1.29, 1.82) is 0 Å². The Kier molecular flexibility index (Phi) is 5.15. The molecule has 0 aliphatic heterocycles. The lowest BCUT2D eigenvalue weighted by Gasteiger charge is -2.19. The number of hydrogen-bond donors (Lipinski definition) is 2. The predicted molar refractivity (Wildman–Crippen MR) is 65.6 cm³/mol. The minimum atomic E-state index is -0.488. The number of aromatic nitrogens is 2. The van der Waals surface area contributed by atoms with Crippen LogP contribution >= 0.6 is 0 Å². The standard InChI is InChI=1S/C12H21N3O2/c1-4-9(5-2)11(16)6-13-12(17)10-7-15(3)8-14-10/h7-9,11,16H,4-6H2,1-3H3,(H,13,17). The topological polar surface area (TPSA) is 67.2 Å². The SMILES string of the molecule is CCC(CC)C(O)CNC(=O)c1cn(C)cn1. The molecule has 0 bridgehead atoms. The summed E-state index contributed by atoms with van der Waals surface area (Å²) in [5.41, 5.74) is 0.379. The van der Waals surface area contributed by atoms with Crippen LogP contribution in [0.2, 0.25) is 0 Å². The molecule has 5 nitrogen and oxygen atoms in total. The second-order valence-electron chi connectivity index (χ2n) is 4.28. The summed E-state index contributed by atoms with van der Waals surface area (Å²) < 4.78 is 1.71. The Balaban J connectivity index is 2.43. The number of imidazole rings is 1. The summed E-state index contributed by atoms with van der Waals surface area (Å²) in [6.07, 6.45) is 4.57. The molecule has 96 valence electrons. The Labute approximate surface area is 102 Å². The van der Waals surface area contributed by atoms with Crippen LogP contribution in [0.3, 0.4) is 0 Å². The molecule has 5 heteroatoms. The lowest BCUT2D eigenvalue weighted by molar-refractivity contribution is 0.0813. The maximum Gasteiger partial charge on any atom is 0.271 e. The van der Waals surface area contributed by atoms with Gasteiger partial charge in [-0.2, -0.15) is 0 Å². The number of aliphatic hydroxyl groups excluding tert-OH is 1. The van der Waals surface area contributed by atoms with Crippen molar-refractivity contribution in [2.24, 2.45) is 13.0 Å². The Morgan fingerprint density at radius 1 is 1.53 bits per heavy atom. The van der Waals surface area contributed by atoms with E-state index in [1.54, 1.807) is 17.1 Å². The van der Waals surface area contributed by atoms with Crippen LogP contribution in [-0.4, -0.2) is 33.2 Å². The highest BCUT2D eigenvalue weighted by Gasteiger charge is 2.17. The summed E-state index contributed by atoms with van der Waals surface area (Å²) in [5.74, 6) is -0.00496. The molecule has 2 N–H and O–H groups in total. The molecular weight excluding hydrogens is 218 g/mol. The molecule has 0 radical (unpaired) electrons. The van der Waals surface area contributed by atoms with Gasteiger partial charge in [0.1, 0.15) is 5.69 Å². The first kappa shape index (κ1) is 13.7. The molecule has 0 saturated heterocycles. The van der Waals surface area contributed by atoms with Crippen LogP contribution in [0, 0.1) is 5.92 Å². The number of nitrogens with one attached hydrogen (secondary N) is 1. The minimum Gasteiger partial charge on any atom is -0.391 e. The molecule has 1 unspecified atom stereocenters. The maximum absolute atomic E-state index is 11.7. The van der Waals surface area contributed by atoms with Crippen molar-refractivity contribution in [3.63, 3.8) is 0 Å². The smallest absolute Gasteiger partial charge is 0.271 e. The number of carbonyl (C=O) groups excluding carboxylic acids is 1. The highest BCUT2D eigenvalue weighted by Crippen LogP contribution is 2.12. The van der Waals surface area contributed by atoms with E-state index < -0.39 is 6.10 Å². The van der Waals surface area contributed by atoms with Gasteiger partial charge in [-0.25, -0.2) is 4.98 Å². The molecule has 0 aliphatic carbocycles. The number of aryl methyl sites for hydroxylation is 1. The summed E-state index contributed by atoms with van der Waals surface area (Å²) in [7, 11) is 1.81. The number of hydrogen-bond acceptors (Lipinski definition) is 3. The van der Waals surface area contributed by atoms with Gasteiger partial charge in [-0.15, -0.1) is 0 Å². The second-order valence-corrected chi connectivity index (χ2v) is 4.28. The number of nitrogens with zero attached hydrogens (tertiary/aromatic N) is 2. The average Bonchev–Trinajstić information content (AvgIpc) is 2.74. The third kappa shape index (κ3) is 3.85. The second kappa shape index (κ2) is 6.39. The Bertz CT molecular complexity index is 358. The minimum absolute atomic E-state index is 0.235. The van der Waals surface area contributed by atoms with Crippen molar-refractivity contribution >= 4 is 5.91 Å². The molecule has 1 aromatic rings. The van der Waals surface area contributed by atoms with Gasteiger partial charge in [0, 0.05) is 19.8 Å². The van der Waals surface area contributed by atoms with Gasteiger partial charge >= 0.3 is 0 Å². The quantitative estimate of drug-likeness (QED) is 0.776. The fraction of sp³-hybridized carbons (Fsp3) is 0.667. The first-order valence-electron chi connectivity index (χ1n) is 6.02.